The van der Waals surface area contributed by atoms with Gasteiger partial charge in [-0.3, -0.25) is 4.79 Å². The Bertz CT molecular complexity index is 502. The zero-order valence-corrected chi connectivity index (χ0v) is 10.2. The Hall–Kier alpha value is -1.92. The second-order valence-corrected chi connectivity index (χ2v) is 3.96. The first-order valence-corrected chi connectivity index (χ1v) is 5.37. The van der Waals surface area contributed by atoms with Crippen LogP contribution in [0.4, 0.5) is 4.39 Å². The number of carbonyl (C=O) groups is 1. The Labute approximate surface area is 106 Å². The first-order chi connectivity index (χ1) is 8.10. The highest BCUT2D eigenvalue weighted by molar-refractivity contribution is 9.10. The number of hydrogen-bond donors (Lipinski definition) is 0. The summed E-state index contributed by atoms with van der Waals surface area (Å²) in [6.45, 7) is -0.409. The average molecular weight is 296 g/mol. The van der Waals surface area contributed by atoms with Gasteiger partial charge < -0.3 is 4.90 Å². The van der Waals surface area contributed by atoms with Crippen LogP contribution in [0.25, 0.3) is 0 Å². The van der Waals surface area contributed by atoms with Crippen molar-refractivity contribution >= 4 is 21.8 Å². The minimum absolute atomic E-state index is 0.108. The van der Waals surface area contributed by atoms with Gasteiger partial charge in [-0.2, -0.15) is 10.5 Å². The van der Waals surface area contributed by atoms with E-state index in [1.807, 2.05) is 0 Å². The molecule has 0 spiro atoms. The van der Waals surface area contributed by atoms with Crippen molar-refractivity contribution in [3.05, 3.63) is 34.1 Å². The summed E-state index contributed by atoms with van der Waals surface area (Å²) in [5.41, 5.74) is 0.108. The van der Waals surface area contributed by atoms with Gasteiger partial charge >= 0.3 is 0 Å². The summed E-state index contributed by atoms with van der Waals surface area (Å²) >= 11 is 2.97. The summed E-state index contributed by atoms with van der Waals surface area (Å²) in [6, 6.07) is 7.45. The summed E-state index contributed by atoms with van der Waals surface area (Å²) in [5.74, 6) is -1.11. The smallest absolute Gasteiger partial charge is 0.255 e. The third-order valence-electron chi connectivity index (χ3n) is 1.98. The molecule has 0 aromatic heterocycles. The molecule has 0 saturated heterocycles. The molecule has 0 bridgehead atoms. The molecule has 0 fully saturated rings. The van der Waals surface area contributed by atoms with Crippen molar-refractivity contribution in [1.29, 1.82) is 10.5 Å². The van der Waals surface area contributed by atoms with Gasteiger partial charge in [-0.25, -0.2) is 4.39 Å². The lowest BCUT2D eigenvalue weighted by Crippen LogP contribution is -2.31. The first-order valence-electron chi connectivity index (χ1n) is 4.58. The predicted molar refractivity (Wildman–Crippen MR) is 61.2 cm³/mol. The molecule has 4 nitrogen and oxygen atoms in total. The fourth-order valence-corrected chi connectivity index (χ4v) is 1.43. The average Bonchev–Trinajstić information content (AvgIpc) is 2.31. The van der Waals surface area contributed by atoms with Gasteiger partial charge in [0.05, 0.1) is 16.6 Å². The Morgan fingerprint density at radius 2 is 1.94 bits per heavy atom. The standard InChI is InChI=1S/C11H7BrFN3O/c12-9-2-1-8(7-10(9)13)11(17)16(5-3-14)6-4-15/h1-2,7H,5-6H2. The molecule has 0 unspecified atom stereocenters. The predicted octanol–water partition coefficient (Wildman–Crippen LogP) is 2.08. The Morgan fingerprint density at radius 3 is 2.41 bits per heavy atom. The van der Waals surface area contributed by atoms with Crippen LogP contribution >= 0.6 is 15.9 Å². The van der Waals surface area contributed by atoms with Gasteiger partial charge in [0, 0.05) is 5.56 Å². The zero-order chi connectivity index (χ0) is 12.8. The molecule has 0 atom stereocenters. The van der Waals surface area contributed by atoms with Crippen LogP contribution in [0.2, 0.25) is 0 Å². The summed E-state index contributed by atoms with van der Waals surface area (Å²) in [6.07, 6.45) is 0. The molecule has 86 valence electrons. The molecule has 6 heteroatoms. The largest absolute Gasteiger partial charge is 0.312 e. The lowest BCUT2D eigenvalue weighted by molar-refractivity contribution is 0.0794. The monoisotopic (exact) mass is 295 g/mol. The fraction of sp³-hybridized carbons (Fsp3) is 0.182. The number of nitrogens with zero attached hydrogens (tertiary/aromatic N) is 3. The van der Waals surface area contributed by atoms with E-state index in [0.717, 1.165) is 11.0 Å². The summed E-state index contributed by atoms with van der Waals surface area (Å²) in [7, 11) is 0. The van der Waals surface area contributed by atoms with Crippen molar-refractivity contribution in [1.82, 2.24) is 4.90 Å². The highest BCUT2D eigenvalue weighted by Crippen LogP contribution is 2.17. The molecule has 1 rings (SSSR count). The van der Waals surface area contributed by atoms with Gasteiger partial charge in [-0.05, 0) is 34.1 Å². The quantitative estimate of drug-likeness (QED) is 0.802. The van der Waals surface area contributed by atoms with Crippen LogP contribution in [0.5, 0.6) is 0 Å². The first kappa shape index (κ1) is 13.1. The molecule has 17 heavy (non-hydrogen) atoms. The second kappa shape index (κ2) is 5.97. The van der Waals surface area contributed by atoms with Gasteiger partial charge in [0.1, 0.15) is 18.9 Å². The highest BCUT2D eigenvalue weighted by atomic mass is 79.9. The van der Waals surface area contributed by atoms with Crippen LogP contribution in [0.15, 0.2) is 22.7 Å². The summed E-state index contributed by atoms with van der Waals surface area (Å²) < 4.78 is 13.5. The van der Waals surface area contributed by atoms with Gasteiger partial charge in [0.2, 0.25) is 0 Å². The van der Waals surface area contributed by atoms with Crippen LogP contribution in [0.3, 0.4) is 0 Å². The molecule has 0 aliphatic carbocycles. The number of benzene rings is 1. The SMILES string of the molecule is N#CCN(CC#N)C(=O)c1ccc(Br)c(F)c1. The van der Waals surface area contributed by atoms with E-state index in [1.165, 1.54) is 12.1 Å². The van der Waals surface area contributed by atoms with E-state index in [4.69, 9.17) is 10.5 Å². The maximum absolute atomic E-state index is 13.2. The fourth-order valence-electron chi connectivity index (χ4n) is 1.18. The van der Waals surface area contributed by atoms with Crippen molar-refractivity contribution in [2.45, 2.75) is 0 Å². The Kier molecular flexibility index (Phi) is 4.62. The van der Waals surface area contributed by atoms with E-state index in [9.17, 15) is 9.18 Å². The molecule has 1 amide bonds. The number of nitriles is 2. The number of amides is 1. The molecule has 0 N–H and O–H groups in total. The van der Waals surface area contributed by atoms with E-state index in [2.05, 4.69) is 15.9 Å². The molecule has 0 saturated carbocycles. The molecule has 1 aromatic carbocycles. The van der Waals surface area contributed by atoms with Crippen LogP contribution in [0.1, 0.15) is 10.4 Å². The molecule has 0 radical (unpaired) electrons. The summed E-state index contributed by atoms with van der Waals surface area (Å²) in [5, 5.41) is 17.0. The molecular weight excluding hydrogens is 289 g/mol. The molecule has 0 aliphatic rings. The van der Waals surface area contributed by atoms with Crippen LogP contribution in [-0.4, -0.2) is 23.9 Å². The lowest BCUT2D eigenvalue weighted by atomic mass is 10.2. The van der Waals surface area contributed by atoms with Crippen LogP contribution in [0, 0.1) is 28.5 Å². The number of rotatable bonds is 3. The molecular formula is C11H7BrFN3O. The number of carbonyl (C=O) groups excluding carboxylic acids is 1. The van der Waals surface area contributed by atoms with Crippen molar-refractivity contribution in [2.24, 2.45) is 0 Å². The number of hydrogen-bond acceptors (Lipinski definition) is 3. The molecule has 0 aliphatic heterocycles. The van der Waals surface area contributed by atoms with Crippen molar-refractivity contribution in [3.63, 3.8) is 0 Å². The molecule has 0 heterocycles. The normalized spacial score (nSPS) is 9.18. The second-order valence-electron chi connectivity index (χ2n) is 3.11. The lowest BCUT2D eigenvalue weighted by Gasteiger charge is -2.15. The van der Waals surface area contributed by atoms with E-state index in [-0.39, 0.29) is 23.1 Å². The van der Waals surface area contributed by atoms with Crippen molar-refractivity contribution < 1.29 is 9.18 Å². The minimum atomic E-state index is -0.565. The summed E-state index contributed by atoms with van der Waals surface area (Å²) in [4.78, 5) is 12.9. The van der Waals surface area contributed by atoms with Gasteiger partial charge in [-0.15, -0.1) is 0 Å². The minimum Gasteiger partial charge on any atom is -0.312 e. The number of halogens is 2. The maximum atomic E-state index is 13.2. The van der Waals surface area contributed by atoms with Gasteiger partial charge in [0.15, 0.2) is 0 Å². The van der Waals surface area contributed by atoms with E-state index >= 15 is 0 Å². The third-order valence-corrected chi connectivity index (χ3v) is 2.62. The van der Waals surface area contributed by atoms with E-state index in [1.54, 1.807) is 12.1 Å². The van der Waals surface area contributed by atoms with Gasteiger partial charge in [0.25, 0.3) is 5.91 Å². The van der Waals surface area contributed by atoms with Crippen LogP contribution < -0.4 is 0 Å². The zero-order valence-electron chi connectivity index (χ0n) is 8.65. The highest BCUT2D eigenvalue weighted by Gasteiger charge is 2.16. The van der Waals surface area contributed by atoms with E-state index in [0.29, 0.717) is 0 Å². The Balaban J connectivity index is 2.98. The third kappa shape index (κ3) is 3.27. The van der Waals surface area contributed by atoms with Crippen molar-refractivity contribution in [2.75, 3.05) is 13.1 Å². The van der Waals surface area contributed by atoms with Crippen molar-refractivity contribution in [3.8, 4) is 12.1 Å². The van der Waals surface area contributed by atoms with E-state index < -0.39 is 11.7 Å². The maximum Gasteiger partial charge on any atom is 0.255 e. The Morgan fingerprint density at radius 1 is 1.35 bits per heavy atom. The topological polar surface area (TPSA) is 67.9 Å². The molecule has 1 aromatic rings. The van der Waals surface area contributed by atoms with Gasteiger partial charge in [-0.1, -0.05) is 0 Å². The van der Waals surface area contributed by atoms with Crippen LogP contribution in [-0.2, 0) is 0 Å².